The minimum Gasteiger partial charge on any atom is -0.373 e. The van der Waals surface area contributed by atoms with E-state index < -0.39 is 6.23 Å². The number of aryl methyl sites for hydroxylation is 1. The van der Waals surface area contributed by atoms with E-state index in [-0.39, 0.29) is 0 Å². The van der Waals surface area contributed by atoms with Crippen molar-refractivity contribution in [1.29, 1.82) is 0 Å². The summed E-state index contributed by atoms with van der Waals surface area (Å²) >= 11 is 0. The monoisotopic (exact) mass is 204 g/mol. The van der Waals surface area contributed by atoms with Gasteiger partial charge in [-0.2, -0.15) is 9.90 Å². The van der Waals surface area contributed by atoms with Crippen LogP contribution < -0.4 is 5.73 Å². The molecule has 1 aromatic heterocycles. The van der Waals surface area contributed by atoms with E-state index in [1.165, 1.54) is 4.80 Å². The lowest BCUT2D eigenvalue weighted by atomic mass is 10.3. The summed E-state index contributed by atoms with van der Waals surface area (Å²) in [5.41, 5.74) is 7.22. The Morgan fingerprint density at radius 3 is 2.47 bits per heavy atom. The molecular weight excluding hydrogens is 192 g/mol. The highest BCUT2D eigenvalue weighted by molar-refractivity contribution is 5.29. The number of hydrogen-bond acceptors (Lipinski definition) is 4. The van der Waals surface area contributed by atoms with Gasteiger partial charge in [-0.05, 0) is 19.1 Å². The molecular formula is C10H12N4O. The first-order chi connectivity index (χ1) is 7.18. The molecule has 0 aliphatic rings. The van der Waals surface area contributed by atoms with Gasteiger partial charge in [0, 0.05) is 0 Å². The summed E-state index contributed by atoms with van der Waals surface area (Å²) in [5.74, 6) is 0. The molecule has 5 heteroatoms. The maximum Gasteiger partial charge on any atom is 0.149 e. The fourth-order valence-electron chi connectivity index (χ4n) is 1.34. The Morgan fingerprint density at radius 1 is 1.27 bits per heavy atom. The molecule has 0 amide bonds. The lowest BCUT2D eigenvalue weighted by Gasteiger charge is -1.99. The third kappa shape index (κ3) is 1.88. The second-order valence-corrected chi connectivity index (χ2v) is 3.24. The van der Waals surface area contributed by atoms with Crippen molar-refractivity contribution >= 4 is 0 Å². The number of hydrogen-bond donors (Lipinski definition) is 2. The third-order valence-corrected chi connectivity index (χ3v) is 2.09. The molecule has 1 atom stereocenters. The zero-order chi connectivity index (χ0) is 10.8. The molecule has 0 spiro atoms. The average Bonchev–Trinajstić information content (AvgIpc) is 2.62. The molecule has 0 fully saturated rings. The summed E-state index contributed by atoms with van der Waals surface area (Å²) in [6, 6.07) is 9.47. The molecule has 0 radical (unpaired) electrons. The van der Waals surface area contributed by atoms with Crippen molar-refractivity contribution in [3.05, 3.63) is 41.7 Å². The van der Waals surface area contributed by atoms with Crippen LogP contribution in [0.3, 0.4) is 0 Å². The van der Waals surface area contributed by atoms with Crippen molar-refractivity contribution in [2.75, 3.05) is 0 Å². The van der Waals surface area contributed by atoms with E-state index in [0.717, 1.165) is 5.69 Å². The van der Waals surface area contributed by atoms with Crippen LogP contribution in [0.1, 0.15) is 17.6 Å². The van der Waals surface area contributed by atoms with Gasteiger partial charge in [-0.1, -0.05) is 18.2 Å². The van der Waals surface area contributed by atoms with Gasteiger partial charge < -0.3 is 10.8 Å². The second-order valence-electron chi connectivity index (χ2n) is 3.24. The van der Waals surface area contributed by atoms with E-state index in [1.54, 1.807) is 6.92 Å². The highest BCUT2D eigenvalue weighted by Gasteiger charge is 2.12. The first kappa shape index (κ1) is 9.82. The molecule has 0 aliphatic carbocycles. The minimum atomic E-state index is -1.08. The van der Waals surface area contributed by atoms with Crippen LogP contribution in [0.2, 0.25) is 0 Å². The standard InChI is InChI=1S/C10H12N4O/c1-7-9(10(11)15)13-14(12-7)8-5-3-2-4-6-8/h2-6,10,15H,11H2,1H3. The van der Waals surface area contributed by atoms with Crippen LogP contribution in [0.25, 0.3) is 5.69 Å². The molecule has 78 valence electrons. The molecule has 0 bridgehead atoms. The number of rotatable bonds is 2. The van der Waals surface area contributed by atoms with Gasteiger partial charge in [0.15, 0.2) is 0 Å². The molecule has 0 saturated carbocycles. The topological polar surface area (TPSA) is 77.0 Å². The van der Waals surface area contributed by atoms with E-state index in [1.807, 2.05) is 30.3 Å². The number of benzene rings is 1. The van der Waals surface area contributed by atoms with Crippen molar-refractivity contribution in [1.82, 2.24) is 15.0 Å². The fraction of sp³-hybridized carbons (Fsp3) is 0.200. The summed E-state index contributed by atoms with van der Waals surface area (Å²) in [7, 11) is 0. The van der Waals surface area contributed by atoms with Crippen molar-refractivity contribution in [2.45, 2.75) is 13.2 Å². The van der Waals surface area contributed by atoms with Gasteiger partial charge in [0.1, 0.15) is 11.9 Å². The van der Waals surface area contributed by atoms with E-state index >= 15 is 0 Å². The summed E-state index contributed by atoms with van der Waals surface area (Å²) in [5, 5.41) is 17.5. The molecule has 2 aromatic rings. The smallest absolute Gasteiger partial charge is 0.149 e. The number of aromatic nitrogens is 3. The first-order valence-electron chi connectivity index (χ1n) is 4.61. The molecule has 2 rings (SSSR count). The molecule has 15 heavy (non-hydrogen) atoms. The summed E-state index contributed by atoms with van der Waals surface area (Å²) in [4.78, 5) is 1.46. The van der Waals surface area contributed by atoms with Gasteiger partial charge >= 0.3 is 0 Å². The van der Waals surface area contributed by atoms with Crippen LogP contribution in [-0.4, -0.2) is 20.1 Å². The Labute approximate surface area is 87.1 Å². The van der Waals surface area contributed by atoms with Gasteiger partial charge in [-0.15, -0.1) is 5.10 Å². The zero-order valence-corrected chi connectivity index (χ0v) is 8.33. The molecule has 3 N–H and O–H groups in total. The Balaban J connectivity index is 2.43. The summed E-state index contributed by atoms with van der Waals surface area (Å²) in [6.07, 6.45) is -1.08. The van der Waals surface area contributed by atoms with E-state index in [4.69, 9.17) is 5.73 Å². The van der Waals surface area contributed by atoms with Crippen LogP contribution >= 0.6 is 0 Å². The number of nitrogens with two attached hydrogens (primary N) is 1. The van der Waals surface area contributed by atoms with Crippen LogP contribution in [0, 0.1) is 6.92 Å². The Hall–Kier alpha value is -1.72. The normalized spacial score (nSPS) is 12.7. The lowest BCUT2D eigenvalue weighted by molar-refractivity contribution is 0.180. The summed E-state index contributed by atoms with van der Waals surface area (Å²) < 4.78 is 0. The minimum absolute atomic E-state index is 0.402. The summed E-state index contributed by atoms with van der Waals surface area (Å²) in [6.45, 7) is 1.76. The highest BCUT2D eigenvalue weighted by atomic mass is 16.3. The number of aliphatic hydroxyl groups excluding tert-OH is 1. The second kappa shape index (κ2) is 3.80. The fourth-order valence-corrected chi connectivity index (χ4v) is 1.34. The lowest BCUT2D eigenvalue weighted by Crippen LogP contribution is -2.11. The Bertz CT molecular complexity index is 450. The van der Waals surface area contributed by atoms with Gasteiger partial charge in [-0.3, -0.25) is 0 Å². The van der Waals surface area contributed by atoms with Crippen LogP contribution in [0.15, 0.2) is 30.3 Å². The number of para-hydroxylation sites is 1. The Morgan fingerprint density at radius 2 is 1.93 bits per heavy atom. The van der Waals surface area contributed by atoms with Gasteiger partial charge in [0.05, 0.1) is 11.4 Å². The van der Waals surface area contributed by atoms with Crippen molar-refractivity contribution in [3.63, 3.8) is 0 Å². The van der Waals surface area contributed by atoms with Crippen LogP contribution in [-0.2, 0) is 0 Å². The van der Waals surface area contributed by atoms with Crippen molar-refractivity contribution in [3.8, 4) is 5.69 Å². The zero-order valence-electron chi connectivity index (χ0n) is 8.33. The van der Waals surface area contributed by atoms with Crippen LogP contribution in [0.4, 0.5) is 0 Å². The molecule has 0 aliphatic heterocycles. The van der Waals surface area contributed by atoms with E-state index in [2.05, 4.69) is 10.2 Å². The SMILES string of the molecule is Cc1nn(-c2ccccc2)nc1C(N)O. The first-order valence-corrected chi connectivity index (χ1v) is 4.61. The maximum absolute atomic E-state index is 9.23. The third-order valence-electron chi connectivity index (χ3n) is 2.09. The van der Waals surface area contributed by atoms with Crippen LogP contribution in [0.5, 0.6) is 0 Å². The maximum atomic E-state index is 9.23. The van der Waals surface area contributed by atoms with Gasteiger partial charge in [0.25, 0.3) is 0 Å². The van der Waals surface area contributed by atoms with Gasteiger partial charge in [0.2, 0.25) is 0 Å². The highest BCUT2D eigenvalue weighted by Crippen LogP contribution is 2.11. The van der Waals surface area contributed by atoms with Crippen molar-refractivity contribution < 1.29 is 5.11 Å². The van der Waals surface area contributed by atoms with Crippen molar-refractivity contribution in [2.24, 2.45) is 5.73 Å². The average molecular weight is 204 g/mol. The number of aliphatic hydroxyl groups is 1. The number of nitrogens with zero attached hydrogens (tertiary/aromatic N) is 3. The predicted molar refractivity (Wildman–Crippen MR) is 55.2 cm³/mol. The molecule has 1 heterocycles. The molecule has 1 unspecified atom stereocenters. The van der Waals surface area contributed by atoms with E-state index in [0.29, 0.717) is 11.4 Å². The quantitative estimate of drug-likeness (QED) is 0.699. The predicted octanol–water partition coefficient (Wildman–Crippen LogP) is 0.525. The molecule has 0 saturated heterocycles. The molecule has 1 aromatic carbocycles. The van der Waals surface area contributed by atoms with E-state index in [9.17, 15) is 5.11 Å². The Kier molecular flexibility index (Phi) is 2.49. The van der Waals surface area contributed by atoms with Gasteiger partial charge in [-0.25, -0.2) is 0 Å². The molecule has 5 nitrogen and oxygen atoms in total. The largest absolute Gasteiger partial charge is 0.373 e.